The number of carboxylic acid groups (broad SMARTS) is 1. The predicted octanol–water partition coefficient (Wildman–Crippen LogP) is 2.15. The molecule has 1 aromatic heterocycles. The van der Waals surface area contributed by atoms with Gasteiger partial charge in [-0.15, -0.1) is 0 Å². The van der Waals surface area contributed by atoms with Crippen molar-refractivity contribution in [3.05, 3.63) is 54.0 Å². The molecule has 0 atom stereocenters. The first-order chi connectivity index (χ1) is 9.25. The van der Waals surface area contributed by atoms with Crippen LogP contribution in [0.5, 0.6) is 5.75 Å². The highest BCUT2D eigenvalue weighted by Gasteiger charge is 2.01. The Morgan fingerprint density at radius 2 is 2.05 bits per heavy atom. The molecule has 0 bridgehead atoms. The molecule has 100 valence electrons. The van der Waals surface area contributed by atoms with E-state index in [0.29, 0.717) is 25.4 Å². The van der Waals surface area contributed by atoms with E-state index >= 15 is 0 Å². The van der Waals surface area contributed by atoms with Gasteiger partial charge in [0.2, 0.25) is 0 Å². The van der Waals surface area contributed by atoms with E-state index in [9.17, 15) is 4.79 Å². The van der Waals surface area contributed by atoms with Gasteiger partial charge in [-0.3, -0.25) is 0 Å². The maximum atomic E-state index is 10.7. The van der Waals surface area contributed by atoms with Crippen molar-refractivity contribution in [2.75, 3.05) is 13.2 Å². The third-order valence-corrected chi connectivity index (χ3v) is 2.53. The van der Waals surface area contributed by atoms with Crippen LogP contribution in [0.3, 0.4) is 0 Å². The lowest BCUT2D eigenvalue weighted by atomic mass is 10.2. The molecule has 2 aromatic rings. The normalized spacial score (nSPS) is 10.3. The number of aromatic carboxylic acids is 1. The van der Waals surface area contributed by atoms with Gasteiger partial charge in [0.05, 0.1) is 18.4 Å². The van der Waals surface area contributed by atoms with Gasteiger partial charge >= 0.3 is 5.97 Å². The number of carboxylic acids is 1. The van der Waals surface area contributed by atoms with E-state index in [1.807, 2.05) is 12.1 Å². The number of hydrogen-bond donors (Lipinski definition) is 2. The van der Waals surface area contributed by atoms with Crippen LogP contribution in [0.25, 0.3) is 0 Å². The van der Waals surface area contributed by atoms with Crippen molar-refractivity contribution in [3.8, 4) is 5.75 Å². The van der Waals surface area contributed by atoms with Crippen LogP contribution < -0.4 is 10.1 Å². The van der Waals surface area contributed by atoms with Crippen molar-refractivity contribution >= 4 is 5.97 Å². The smallest absolute Gasteiger partial charge is 0.335 e. The number of nitrogens with one attached hydrogen (secondary N) is 1. The standard InChI is InChI=1S/C14H15NO4/c16-14(17)11-3-5-12(6-4-11)19-9-7-15-10-13-2-1-8-18-13/h1-6,8,15H,7,9-10H2,(H,16,17). The Balaban J connectivity index is 1.66. The average Bonchev–Trinajstić information content (AvgIpc) is 2.92. The number of ether oxygens (including phenoxy) is 1. The van der Waals surface area contributed by atoms with E-state index in [-0.39, 0.29) is 5.56 Å². The van der Waals surface area contributed by atoms with Crippen molar-refractivity contribution in [1.29, 1.82) is 0 Å². The Morgan fingerprint density at radius 3 is 2.68 bits per heavy atom. The number of benzene rings is 1. The number of hydrogen-bond acceptors (Lipinski definition) is 4. The van der Waals surface area contributed by atoms with Crippen LogP contribution in [0.1, 0.15) is 16.1 Å². The van der Waals surface area contributed by atoms with Crippen LogP contribution in [-0.4, -0.2) is 24.2 Å². The summed E-state index contributed by atoms with van der Waals surface area (Å²) in [6.45, 7) is 1.85. The maximum absolute atomic E-state index is 10.7. The molecular formula is C14H15NO4. The first kappa shape index (κ1) is 13.2. The lowest BCUT2D eigenvalue weighted by Gasteiger charge is -2.07. The summed E-state index contributed by atoms with van der Waals surface area (Å²) < 4.78 is 10.6. The molecule has 5 nitrogen and oxygen atoms in total. The van der Waals surface area contributed by atoms with Crippen molar-refractivity contribution in [3.63, 3.8) is 0 Å². The lowest BCUT2D eigenvalue weighted by molar-refractivity contribution is 0.0697. The molecule has 19 heavy (non-hydrogen) atoms. The highest BCUT2D eigenvalue weighted by atomic mass is 16.5. The molecular weight excluding hydrogens is 246 g/mol. The Labute approximate surface area is 110 Å². The summed E-state index contributed by atoms with van der Waals surface area (Å²) in [7, 11) is 0. The second-order valence-electron chi connectivity index (χ2n) is 3.93. The Hall–Kier alpha value is -2.27. The van der Waals surface area contributed by atoms with Gasteiger partial charge in [-0.05, 0) is 36.4 Å². The lowest BCUT2D eigenvalue weighted by Crippen LogP contribution is -2.20. The summed E-state index contributed by atoms with van der Waals surface area (Å²) in [6, 6.07) is 10.1. The van der Waals surface area contributed by atoms with Gasteiger partial charge in [0, 0.05) is 6.54 Å². The summed E-state index contributed by atoms with van der Waals surface area (Å²) in [4.78, 5) is 10.7. The molecule has 2 rings (SSSR count). The van der Waals surface area contributed by atoms with E-state index in [4.69, 9.17) is 14.3 Å². The van der Waals surface area contributed by atoms with Crippen molar-refractivity contribution < 1.29 is 19.1 Å². The Morgan fingerprint density at radius 1 is 1.26 bits per heavy atom. The summed E-state index contributed by atoms with van der Waals surface area (Å²) in [5, 5.41) is 11.9. The summed E-state index contributed by atoms with van der Waals surface area (Å²) in [5.41, 5.74) is 0.253. The first-order valence-electron chi connectivity index (χ1n) is 5.95. The summed E-state index contributed by atoms with van der Waals surface area (Å²) >= 11 is 0. The molecule has 5 heteroatoms. The fourth-order valence-corrected chi connectivity index (χ4v) is 1.56. The quantitative estimate of drug-likeness (QED) is 0.747. The zero-order valence-electron chi connectivity index (χ0n) is 10.3. The molecule has 0 unspecified atom stereocenters. The number of carbonyl (C=O) groups is 1. The molecule has 0 saturated carbocycles. The van der Waals surface area contributed by atoms with Crippen LogP contribution in [0.4, 0.5) is 0 Å². The topological polar surface area (TPSA) is 71.7 Å². The minimum absolute atomic E-state index is 0.253. The predicted molar refractivity (Wildman–Crippen MR) is 69.3 cm³/mol. The number of rotatable bonds is 7. The third kappa shape index (κ3) is 4.15. The van der Waals surface area contributed by atoms with Crippen LogP contribution in [0.15, 0.2) is 47.1 Å². The van der Waals surface area contributed by atoms with Gasteiger partial charge in [0.1, 0.15) is 18.1 Å². The zero-order valence-corrected chi connectivity index (χ0v) is 10.3. The van der Waals surface area contributed by atoms with Gasteiger partial charge in [0.25, 0.3) is 0 Å². The molecule has 0 aliphatic carbocycles. The fourth-order valence-electron chi connectivity index (χ4n) is 1.56. The summed E-state index contributed by atoms with van der Waals surface area (Å²) in [6.07, 6.45) is 1.64. The van der Waals surface area contributed by atoms with Gasteiger partial charge in [0.15, 0.2) is 0 Å². The molecule has 0 saturated heterocycles. The third-order valence-electron chi connectivity index (χ3n) is 2.53. The second kappa shape index (κ2) is 6.61. The summed E-state index contributed by atoms with van der Waals surface area (Å²) in [5.74, 6) is 0.599. The average molecular weight is 261 g/mol. The fraction of sp³-hybridized carbons (Fsp3) is 0.214. The van der Waals surface area contributed by atoms with Crippen molar-refractivity contribution in [1.82, 2.24) is 5.32 Å². The SMILES string of the molecule is O=C(O)c1ccc(OCCNCc2ccco2)cc1. The molecule has 0 aliphatic heterocycles. The van der Waals surface area contributed by atoms with E-state index < -0.39 is 5.97 Å². The second-order valence-corrected chi connectivity index (χ2v) is 3.93. The first-order valence-corrected chi connectivity index (χ1v) is 5.95. The zero-order chi connectivity index (χ0) is 13.5. The molecule has 0 spiro atoms. The van der Waals surface area contributed by atoms with Gasteiger partial charge in [-0.1, -0.05) is 0 Å². The van der Waals surface area contributed by atoms with Crippen molar-refractivity contribution in [2.45, 2.75) is 6.54 Å². The molecule has 1 aromatic carbocycles. The molecule has 1 heterocycles. The molecule has 0 amide bonds. The van der Waals surface area contributed by atoms with E-state index in [2.05, 4.69) is 5.32 Å². The maximum Gasteiger partial charge on any atom is 0.335 e. The monoisotopic (exact) mass is 261 g/mol. The van der Waals surface area contributed by atoms with Gasteiger partial charge < -0.3 is 19.6 Å². The van der Waals surface area contributed by atoms with E-state index in [1.165, 1.54) is 12.1 Å². The minimum atomic E-state index is -0.938. The largest absolute Gasteiger partial charge is 0.492 e. The van der Waals surface area contributed by atoms with E-state index in [0.717, 1.165) is 5.76 Å². The minimum Gasteiger partial charge on any atom is -0.492 e. The molecule has 2 N–H and O–H groups in total. The van der Waals surface area contributed by atoms with Crippen LogP contribution in [0, 0.1) is 0 Å². The van der Waals surface area contributed by atoms with Gasteiger partial charge in [-0.25, -0.2) is 4.79 Å². The van der Waals surface area contributed by atoms with Gasteiger partial charge in [-0.2, -0.15) is 0 Å². The van der Waals surface area contributed by atoms with Crippen LogP contribution in [-0.2, 0) is 6.54 Å². The Bertz CT molecular complexity index is 505. The number of furan rings is 1. The highest BCUT2D eigenvalue weighted by molar-refractivity contribution is 5.87. The molecule has 0 fully saturated rings. The molecule has 0 aliphatic rings. The van der Waals surface area contributed by atoms with Crippen LogP contribution in [0.2, 0.25) is 0 Å². The van der Waals surface area contributed by atoms with Crippen molar-refractivity contribution in [2.24, 2.45) is 0 Å². The highest BCUT2D eigenvalue weighted by Crippen LogP contribution is 2.11. The van der Waals surface area contributed by atoms with E-state index in [1.54, 1.807) is 18.4 Å². The van der Waals surface area contributed by atoms with Crippen LogP contribution >= 0.6 is 0 Å². The Kier molecular flexibility index (Phi) is 4.58. The molecule has 0 radical (unpaired) electrons.